The smallest absolute Gasteiger partial charge is 0.225 e. The maximum atomic E-state index is 12.2. The Kier molecular flexibility index (Phi) is 4.92. The highest BCUT2D eigenvalue weighted by Gasteiger charge is 2.36. The topological polar surface area (TPSA) is 68.4 Å². The van der Waals surface area contributed by atoms with Crippen molar-refractivity contribution in [3.63, 3.8) is 0 Å². The van der Waals surface area contributed by atoms with Crippen molar-refractivity contribution >= 4 is 34.7 Å². The molecule has 3 heterocycles. The summed E-state index contributed by atoms with van der Waals surface area (Å²) in [5.41, 5.74) is 0.905. The molecule has 2 aromatic rings. The molecule has 2 saturated carbocycles. The van der Waals surface area contributed by atoms with E-state index in [4.69, 9.17) is 0 Å². The molecule has 2 aliphatic carbocycles. The molecule has 3 fully saturated rings. The van der Waals surface area contributed by atoms with Gasteiger partial charge in [-0.15, -0.1) is 0 Å². The van der Waals surface area contributed by atoms with E-state index in [0.29, 0.717) is 17.9 Å². The number of anilines is 1. The van der Waals surface area contributed by atoms with E-state index in [1.54, 1.807) is 6.33 Å². The number of carbonyl (C=O) groups excluding carboxylic acids is 1. The first-order chi connectivity index (χ1) is 13.7. The largest absolute Gasteiger partial charge is 0.356 e. The fourth-order valence-electron chi connectivity index (χ4n) is 4.30. The number of aromatic nitrogens is 3. The molecule has 2 aromatic heterocycles. The van der Waals surface area contributed by atoms with Crippen molar-refractivity contribution in [1.29, 1.82) is 0 Å². The van der Waals surface area contributed by atoms with Gasteiger partial charge in [0.2, 0.25) is 5.91 Å². The van der Waals surface area contributed by atoms with Crippen molar-refractivity contribution in [2.45, 2.75) is 31.7 Å². The molecular formula is C20H28N6OS. The van der Waals surface area contributed by atoms with Gasteiger partial charge in [0.05, 0.1) is 5.39 Å². The van der Waals surface area contributed by atoms with Crippen LogP contribution < -0.4 is 4.90 Å². The van der Waals surface area contributed by atoms with Crippen LogP contribution in [0.4, 0.5) is 5.82 Å². The molecule has 1 saturated heterocycles. The molecule has 0 atom stereocenters. The van der Waals surface area contributed by atoms with Crippen LogP contribution in [0.3, 0.4) is 0 Å². The first-order valence-corrected chi connectivity index (χ1v) is 11.3. The highest BCUT2D eigenvalue weighted by molar-refractivity contribution is 7.97. The van der Waals surface area contributed by atoms with Crippen molar-refractivity contribution in [3.8, 4) is 0 Å². The van der Waals surface area contributed by atoms with Gasteiger partial charge in [0.15, 0.2) is 0 Å². The van der Waals surface area contributed by atoms with Crippen LogP contribution in [0, 0.1) is 11.8 Å². The Morgan fingerprint density at radius 3 is 2.79 bits per heavy atom. The van der Waals surface area contributed by atoms with Crippen LogP contribution >= 0.6 is 11.9 Å². The number of H-pyrrole nitrogens is 1. The van der Waals surface area contributed by atoms with Crippen LogP contribution in [-0.2, 0) is 4.79 Å². The quantitative estimate of drug-likeness (QED) is 0.751. The van der Waals surface area contributed by atoms with Gasteiger partial charge in [0.25, 0.3) is 0 Å². The van der Waals surface area contributed by atoms with Crippen molar-refractivity contribution in [2.24, 2.45) is 11.8 Å². The van der Waals surface area contributed by atoms with Gasteiger partial charge in [-0.2, -0.15) is 0 Å². The molecule has 1 aliphatic heterocycles. The minimum absolute atomic E-state index is 0.352. The van der Waals surface area contributed by atoms with Crippen molar-refractivity contribution in [2.75, 3.05) is 43.9 Å². The summed E-state index contributed by atoms with van der Waals surface area (Å²) in [7, 11) is 2.15. The van der Waals surface area contributed by atoms with Crippen molar-refractivity contribution in [3.05, 3.63) is 18.6 Å². The zero-order valence-electron chi connectivity index (χ0n) is 16.4. The fourth-order valence-corrected chi connectivity index (χ4v) is 5.42. The van der Waals surface area contributed by atoms with Gasteiger partial charge >= 0.3 is 0 Å². The van der Waals surface area contributed by atoms with E-state index in [2.05, 4.69) is 42.2 Å². The van der Waals surface area contributed by atoms with Crippen LogP contribution in [0.2, 0.25) is 0 Å². The van der Waals surface area contributed by atoms with Crippen LogP contribution in [0.25, 0.3) is 11.0 Å². The lowest BCUT2D eigenvalue weighted by atomic mass is 9.81. The summed E-state index contributed by atoms with van der Waals surface area (Å²) < 4.78 is 2.46. The summed E-state index contributed by atoms with van der Waals surface area (Å²) in [4.78, 5) is 28.5. The Bertz CT molecular complexity index is 838. The summed E-state index contributed by atoms with van der Waals surface area (Å²) in [6.45, 7) is 3.81. The maximum absolute atomic E-state index is 12.2. The highest BCUT2D eigenvalue weighted by atomic mass is 32.2. The van der Waals surface area contributed by atoms with Crippen molar-refractivity contribution < 1.29 is 4.79 Å². The molecule has 0 aromatic carbocycles. The molecule has 0 spiro atoms. The lowest BCUT2D eigenvalue weighted by Gasteiger charge is -2.42. The predicted octanol–water partition coefficient (Wildman–Crippen LogP) is 2.38. The van der Waals surface area contributed by atoms with Gasteiger partial charge in [-0.1, -0.05) is 11.9 Å². The zero-order chi connectivity index (χ0) is 19.1. The van der Waals surface area contributed by atoms with Crippen LogP contribution in [0.5, 0.6) is 0 Å². The van der Waals surface area contributed by atoms with Gasteiger partial charge in [0.1, 0.15) is 17.8 Å². The number of nitrogens with zero attached hydrogens (tertiary/aromatic N) is 5. The third kappa shape index (κ3) is 3.59. The maximum Gasteiger partial charge on any atom is 0.225 e. The summed E-state index contributed by atoms with van der Waals surface area (Å²) in [6, 6.07) is 2.62. The lowest BCUT2D eigenvalue weighted by Crippen LogP contribution is -2.48. The standard InChI is InChI=1S/C20H28N6OS/c1-24(19-17-4-5-21-18(17)22-13-23-19)16-10-14(11-16)12-28-26-8-6-25(7-9-26)20(27)15-2-3-15/h4-5,13-16H,2-3,6-12H2,1H3,(H,21,22,23)/t14-,16+. The molecule has 8 heteroatoms. The monoisotopic (exact) mass is 400 g/mol. The second-order valence-electron chi connectivity index (χ2n) is 8.36. The van der Waals surface area contributed by atoms with Crippen molar-refractivity contribution in [1.82, 2.24) is 24.2 Å². The lowest BCUT2D eigenvalue weighted by molar-refractivity contribution is -0.133. The Morgan fingerprint density at radius 1 is 1.25 bits per heavy atom. The minimum atomic E-state index is 0.352. The molecule has 0 unspecified atom stereocenters. The number of hydrogen-bond donors (Lipinski definition) is 1. The molecule has 1 N–H and O–H groups in total. The molecular weight excluding hydrogens is 372 g/mol. The van der Waals surface area contributed by atoms with Crippen LogP contribution in [0.15, 0.2) is 18.6 Å². The fraction of sp³-hybridized carbons (Fsp3) is 0.650. The Hall–Kier alpha value is -1.80. The van der Waals surface area contributed by atoms with E-state index < -0.39 is 0 Å². The first-order valence-electron chi connectivity index (χ1n) is 10.4. The van der Waals surface area contributed by atoms with E-state index in [1.807, 2.05) is 18.1 Å². The summed E-state index contributed by atoms with van der Waals surface area (Å²) in [5, 5.41) is 1.10. The third-order valence-corrected chi connectivity index (χ3v) is 7.75. The second kappa shape index (κ2) is 7.55. The molecule has 0 bridgehead atoms. The zero-order valence-corrected chi connectivity index (χ0v) is 17.2. The summed E-state index contributed by atoms with van der Waals surface area (Å²) in [5.74, 6) is 3.73. The molecule has 0 radical (unpaired) electrons. The predicted molar refractivity (Wildman–Crippen MR) is 112 cm³/mol. The van der Waals surface area contributed by atoms with E-state index >= 15 is 0 Å². The number of fused-ring (bicyclic) bond motifs is 1. The molecule has 150 valence electrons. The molecule has 1 amide bonds. The Labute approximate surface area is 170 Å². The number of nitrogens with one attached hydrogen (secondary N) is 1. The minimum Gasteiger partial charge on any atom is -0.356 e. The van der Waals surface area contributed by atoms with E-state index in [1.165, 1.54) is 18.6 Å². The molecule has 7 nitrogen and oxygen atoms in total. The number of piperazine rings is 1. The SMILES string of the molecule is CN(c1ncnc2[nH]ccc12)[C@H]1C[C@@H](CSN2CCN(C(=O)C3CC3)CC2)C1. The van der Waals surface area contributed by atoms with Crippen LogP contribution in [-0.4, -0.2) is 75.1 Å². The highest BCUT2D eigenvalue weighted by Crippen LogP contribution is 2.37. The van der Waals surface area contributed by atoms with E-state index in [-0.39, 0.29) is 0 Å². The number of amides is 1. The number of hydrogen-bond acceptors (Lipinski definition) is 6. The third-order valence-electron chi connectivity index (χ3n) is 6.40. The first kappa shape index (κ1) is 18.2. The average molecular weight is 401 g/mol. The molecule has 3 aliphatic rings. The molecule has 5 rings (SSSR count). The number of carbonyl (C=O) groups is 1. The second-order valence-corrected chi connectivity index (χ2v) is 9.47. The van der Waals surface area contributed by atoms with Gasteiger partial charge in [-0.05, 0) is 37.7 Å². The Morgan fingerprint density at radius 2 is 2.04 bits per heavy atom. The molecule has 28 heavy (non-hydrogen) atoms. The number of rotatable bonds is 6. The van der Waals surface area contributed by atoms with Gasteiger partial charge < -0.3 is 14.8 Å². The summed E-state index contributed by atoms with van der Waals surface area (Å²) in [6.07, 6.45) is 8.23. The average Bonchev–Trinajstić information content (AvgIpc) is 3.43. The van der Waals surface area contributed by atoms with E-state index in [0.717, 1.165) is 61.8 Å². The summed E-state index contributed by atoms with van der Waals surface area (Å²) >= 11 is 1.98. The van der Waals surface area contributed by atoms with Gasteiger partial charge in [0, 0.05) is 57.1 Å². The Balaban J connectivity index is 1.06. The van der Waals surface area contributed by atoms with Crippen LogP contribution in [0.1, 0.15) is 25.7 Å². The van der Waals surface area contributed by atoms with Gasteiger partial charge in [-0.25, -0.2) is 14.3 Å². The normalized spacial score (nSPS) is 25.7. The van der Waals surface area contributed by atoms with E-state index in [9.17, 15) is 4.79 Å². The number of aromatic amines is 1. The van der Waals surface area contributed by atoms with Gasteiger partial charge in [-0.3, -0.25) is 4.79 Å².